The average molecular weight is 322 g/mol. The number of amides is 1. The van der Waals surface area contributed by atoms with Crippen molar-refractivity contribution in [3.63, 3.8) is 0 Å². The van der Waals surface area contributed by atoms with Crippen molar-refractivity contribution in [2.24, 2.45) is 0 Å². The zero-order valence-electron chi connectivity index (χ0n) is 13.4. The highest BCUT2D eigenvalue weighted by Gasteiger charge is 2.18. The SMILES string of the molecule is COc1cc(C(=O)N(C)C)cnc1-c1cc2nccc(C#N)c2o1. The van der Waals surface area contributed by atoms with E-state index in [4.69, 9.17) is 14.4 Å². The lowest BCUT2D eigenvalue weighted by Gasteiger charge is -2.12. The maximum atomic E-state index is 12.0. The number of pyridine rings is 2. The molecule has 3 rings (SSSR count). The minimum atomic E-state index is -0.176. The summed E-state index contributed by atoms with van der Waals surface area (Å²) in [5.41, 5.74) is 2.19. The molecule has 0 bridgehead atoms. The molecule has 0 aliphatic heterocycles. The summed E-state index contributed by atoms with van der Waals surface area (Å²) in [5.74, 6) is 0.645. The van der Waals surface area contributed by atoms with E-state index in [1.807, 2.05) is 0 Å². The summed E-state index contributed by atoms with van der Waals surface area (Å²) >= 11 is 0. The van der Waals surface area contributed by atoms with E-state index < -0.39 is 0 Å². The van der Waals surface area contributed by atoms with E-state index in [-0.39, 0.29) is 5.91 Å². The topological polar surface area (TPSA) is 92.2 Å². The van der Waals surface area contributed by atoms with Gasteiger partial charge in [-0.2, -0.15) is 5.26 Å². The minimum Gasteiger partial charge on any atom is -0.494 e. The first-order valence-electron chi connectivity index (χ1n) is 7.10. The molecule has 0 radical (unpaired) electrons. The quantitative estimate of drug-likeness (QED) is 0.735. The van der Waals surface area contributed by atoms with Crippen molar-refractivity contribution in [2.75, 3.05) is 21.2 Å². The highest BCUT2D eigenvalue weighted by Crippen LogP contribution is 2.33. The normalized spacial score (nSPS) is 10.4. The summed E-state index contributed by atoms with van der Waals surface area (Å²) in [6.45, 7) is 0. The number of carbonyl (C=O) groups is 1. The van der Waals surface area contributed by atoms with Gasteiger partial charge < -0.3 is 14.1 Å². The molecule has 3 heterocycles. The number of methoxy groups -OCH3 is 1. The predicted octanol–water partition coefficient (Wildman–Crippen LogP) is 2.47. The number of furan rings is 1. The summed E-state index contributed by atoms with van der Waals surface area (Å²) < 4.78 is 11.1. The second-order valence-corrected chi connectivity index (χ2v) is 5.27. The molecule has 0 N–H and O–H groups in total. The van der Waals surface area contributed by atoms with E-state index in [0.717, 1.165) is 0 Å². The fraction of sp³-hybridized carbons (Fsp3) is 0.176. The third-order valence-corrected chi connectivity index (χ3v) is 3.49. The molecular formula is C17H14N4O3. The second-order valence-electron chi connectivity index (χ2n) is 5.27. The van der Waals surface area contributed by atoms with Crippen LogP contribution >= 0.6 is 0 Å². The number of nitriles is 1. The third kappa shape index (κ3) is 2.54. The van der Waals surface area contributed by atoms with Gasteiger partial charge in [-0.3, -0.25) is 9.78 Å². The maximum absolute atomic E-state index is 12.0. The molecule has 3 aromatic rings. The molecule has 0 unspecified atom stereocenters. The van der Waals surface area contributed by atoms with Crippen LogP contribution in [0, 0.1) is 11.3 Å². The molecule has 7 nitrogen and oxygen atoms in total. The molecule has 0 saturated carbocycles. The Kier molecular flexibility index (Phi) is 3.88. The van der Waals surface area contributed by atoms with E-state index in [1.165, 1.54) is 18.2 Å². The van der Waals surface area contributed by atoms with Crippen LogP contribution in [0.1, 0.15) is 15.9 Å². The van der Waals surface area contributed by atoms with Gasteiger partial charge in [0.15, 0.2) is 11.3 Å². The molecule has 0 aromatic carbocycles. The number of hydrogen-bond acceptors (Lipinski definition) is 6. The van der Waals surface area contributed by atoms with E-state index >= 15 is 0 Å². The summed E-state index contributed by atoms with van der Waals surface area (Å²) in [5, 5.41) is 9.15. The Morgan fingerprint density at radius 3 is 2.79 bits per heavy atom. The van der Waals surface area contributed by atoms with Crippen LogP contribution in [0.15, 0.2) is 35.0 Å². The van der Waals surface area contributed by atoms with E-state index in [1.54, 1.807) is 38.5 Å². The molecule has 24 heavy (non-hydrogen) atoms. The standard InChI is InChI=1S/C17H14N4O3/c1-21(2)17(22)11-6-13(23-3)15(20-9-11)14-7-12-16(24-14)10(8-18)4-5-19-12/h4-7,9H,1-3H3. The Hall–Kier alpha value is -3.40. The van der Waals surface area contributed by atoms with Crippen LogP contribution in [-0.4, -0.2) is 42.0 Å². The number of hydrogen-bond donors (Lipinski definition) is 0. The zero-order valence-corrected chi connectivity index (χ0v) is 13.4. The van der Waals surface area contributed by atoms with Crippen LogP contribution in [0.25, 0.3) is 22.6 Å². The zero-order chi connectivity index (χ0) is 17.3. The maximum Gasteiger partial charge on any atom is 0.255 e. The number of fused-ring (bicyclic) bond motifs is 1. The van der Waals surface area contributed by atoms with Crippen molar-refractivity contribution >= 4 is 17.0 Å². The fourth-order valence-corrected chi connectivity index (χ4v) is 2.30. The van der Waals surface area contributed by atoms with Gasteiger partial charge in [0.05, 0.1) is 18.2 Å². The van der Waals surface area contributed by atoms with Crippen molar-refractivity contribution in [3.05, 3.63) is 41.7 Å². The smallest absolute Gasteiger partial charge is 0.255 e. The summed E-state index contributed by atoms with van der Waals surface area (Å²) in [6.07, 6.45) is 3.01. The number of rotatable bonds is 3. The molecule has 3 aromatic heterocycles. The van der Waals surface area contributed by atoms with Gasteiger partial charge in [0.2, 0.25) is 0 Å². The fourth-order valence-electron chi connectivity index (χ4n) is 2.30. The Labute approximate surface area is 138 Å². The van der Waals surface area contributed by atoms with Gasteiger partial charge in [0.1, 0.15) is 23.0 Å². The Bertz CT molecular complexity index is 970. The molecule has 0 saturated heterocycles. The lowest BCUT2D eigenvalue weighted by molar-refractivity contribution is 0.0827. The van der Waals surface area contributed by atoms with Gasteiger partial charge in [0, 0.05) is 32.6 Å². The van der Waals surface area contributed by atoms with E-state index in [9.17, 15) is 4.79 Å². The van der Waals surface area contributed by atoms with Crippen LogP contribution in [0.5, 0.6) is 5.75 Å². The van der Waals surface area contributed by atoms with Crippen LogP contribution in [0.4, 0.5) is 0 Å². The van der Waals surface area contributed by atoms with Gasteiger partial charge in [-0.15, -0.1) is 0 Å². The Morgan fingerprint density at radius 2 is 2.12 bits per heavy atom. The molecule has 1 amide bonds. The van der Waals surface area contributed by atoms with Crippen LogP contribution < -0.4 is 4.74 Å². The monoisotopic (exact) mass is 322 g/mol. The molecule has 0 fully saturated rings. The number of carbonyl (C=O) groups excluding carboxylic acids is 1. The average Bonchev–Trinajstić information content (AvgIpc) is 3.04. The van der Waals surface area contributed by atoms with Gasteiger partial charge in [-0.05, 0) is 12.1 Å². The molecule has 0 spiro atoms. The molecule has 0 atom stereocenters. The highest BCUT2D eigenvalue weighted by atomic mass is 16.5. The van der Waals surface area contributed by atoms with E-state index in [2.05, 4.69) is 16.0 Å². The highest BCUT2D eigenvalue weighted by molar-refractivity contribution is 5.94. The van der Waals surface area contributed by atoms with Gasteiger partial charge in [0.25, 0.3) is 5.91 Å². The first-order chi connectivity index (χ1) is 11.5. The van der Waals surface area contributed by atoms with Gasteiger partial charge >= 0.3 is 0 Å². The first-order valence-corrected chi connectivity index (χ1v) is 7.10. The van der Waals surface area contributed by atoms with Crippen molar-refractivity contribution in [2.45, 2.75) is 0 Å². The molecule has 0 aliphatic rings. The van der Waals surface area contributed by atoms with Crippen molar-refractivity contribution < 1.29 is 13.9 Å². The van der Waals surface area contributed by atoms with Crippen LogP contribution in [0.2, 0.25) is 0 Å². The summed E-state index contributed by atoms with van der Waals surface area (Å²) in [4.78, 5) is 22.0. The Balaban J connectivity index is 2.13. The number of nitrogens with zero attached hydrogens (tertiary/aromatic N) is 4. The van der Waals surface area contributed by atoms with Gasteiger partial charge in [-0.1, -0.05) is 0 Å². The predicted molar refractivity (Wildman–Crippen MR) is 86.5 cm³/mol. The number of ether oxygens (including phenoxy) is 1. The molecule has 120 valence electrons. The minimum absolute atomic E-state index is 0.176. The van der Waals surface area contributed by atoms with E-state index in [0.29, 0.717) is 39.4 Å². The first kappa shape index (κ1) is 15.5. The van der Waals surface area contributed by atoms with Crippen LogP contribution in [0.3, 0.4) is 0 Å². The largest absolute Gasteiger partial charge is 0.494 e. The Morgan fingerprint density at radius 1 is 1.33 bits per heavy atom. The molecular weight excluding hydrogens is 308 g/mol. The van der Waals surface area contributed by atoms with Crippen molar-refractivity contribution in [1.82, 2.24) is 14.9 Å². The molecule has 0 aliphatic carbocycles. The summed E-state index contributed by atoms with van der Waals surface area (Å²) in [7, 11) is 4.82. The van der Waals surface area contributed by atoms with Gasteiger partial charge in [-0.25, -0.2) is 4.98 Å². The second kappa shape index (κ2) is 6.01. The van der Waals surface area contributed by atoms with Crippen molar-refractivity contribution in [1.29, 1.82) is 5.26 Å². The van der Waals surface area contributed by atoms with Crippen molar-refractivity contribution in [3.8, 4) is 23.3 Å². The summed E-state index contributed by atoms with van der Waals surface area (Å²) in [6, 6.07) is 6.94. The lowest BCUT2D eigenvalue weighted by Crippen LogP contribution is -2.21. The molecule has 7 heteroatoms. The number of aromatic nitrogens is 2. The third-order valence-electron chi connectivity index (χ3n) is 3.49. The lowest BCUT2D eigenvalue weighted by atomic mass is 10.2. The van der Waals surface area contributed by atoms with Crippen LogP contribution in [-0.2, 0) is 0 Å².